The summed E-state index contributed by atoms with van der Waals surface area (Å²) in [7, 11) is 0. The maximum atomic E-state index is 13.4. The van der Waals surface area contributed by atoms with Gasteiger partial charge in [-0.15, -0.1) is 0 Å². The Kier molecular flexibility index (Phi) is 3.10. The molecule has 12 heavy (non-hydrogen) atoms. The maximum absolute atomic E-state index is 13.4. The van der Waals surface area contributed by atoms with Crippen molar-refractivity contribution in [1.29, 1.82) is 0 Å². The van der Waals surface area contributed by atoms with E-state index in [1.54, 1.807) is 12.1 Å². The van der Waals surface area contributed by atoms with E-state index in [0.717, 1.165) is 0 Å². The molecule has 2 heteroatoms. The normalized spacial score (nSPS) is 10.3. The molecule has 0 N–H and O–H groups in total. The topological polar surface area (TPSA) is 0 Å². The molecule has 0 fully saturated rings. The minimum atomic E-state index is -0.0931. The van der Waals surface area contributed by atoms with Gasteiger partial charge in [-0.3, -0.25) is 0 Å². The fraction of sp³-hybridized carbons (Fsp3) is 0.400. The zero-order chi connectivity index (χ0) is 9.14. The molecule has 0 heterocycles. The number of hydrogen-bond donors (Lipinski definition) is 0. The molecule has 0 spiro atoms. The molecular formula is C10H12ClF. The van der Waals surface area contributed by atoms with Crippen molar-refractivity contribution in [2.24, 2.45) is 0 Å². The van der Waals surface area contributed by atoms with Crippen LogP contribution in [0.3, 0.4) is 0 Å². The van der Waals surface area contributed by atoms with Gasteiger partial charge >= 0.3 is 0 Å². The van der Waals surface area contributed by atoms with Crippen LogP contribution in [-0.2, 0) is 12.8 Å². The smallest absolute Gasteiger partial charge is 0.129 e. The lowest BCUT2D eigenvalue weighted by Crippen LogP contribution is -1.94. The van der Waals surface area contributed by atoms with Gasteiger partial charge in [0.05, 0.1) is 0 Å². The van der Waals surface area contributed by atoms with Crippen LogP contribution in [0.4, 0.5) is 4.39 Å². The molecule has 1 rings (SSSR count). The van der Waals surface area contributed by atoms with Crippen molar-refractivity contribution in [2.45, 2.75) is 26.7 Å². The molecular weight excluding hydrogens is 175 g/mol. The first-order valence-electron chi connectivity index (χ1n) is 4.15. The van der Waals surface area contributed by atoms with Crippen LogP contribution in [0.1, 0.15) is 25.0 Å². The predicted octanol–water partition coefficient (Wildman–Crippen LogP) is 3.60. The molecule has 0 saturated carbocycles. The molecule has 0 aliphatic carbocycles. The van der Waals surface area contributed by atoms with Gasteiger partial charge in [-0.05, 0) is 36.1 Å². The number of halogens is 2. The Morgan fingerprint density at radius 1 is 1.17 bits per heavy atom. The number of aryl methyl sites for hydroxylation is 2. The summed E-state index contributed by atoms with van der Waals surface area (Å²) in [6.07, 6.45) is 1.39. The van der Waals surface area contributed by atoms with E-state index >= 15 is 0 Å². The third kappa shape index (κ3) is 1.78. The summed E-state index contributed by atoms with van der Waals surface area (Å²) >= 11 is 5.81. The van der Waals surface area contributed by atoms with Gasteiger partial charge in [0.2, 0.25) is 0 Å². The largest absolute Gasteiger partial charge is 0.206 e. The SMILES string of the molecule is CCc1cc(Cl)cc(CC)c1F. The molecule has 66 valence electrons. The van der Waals surface area contributed by atoms with Crippen LogP contribution in [0.5, 0.6) is 0 Å². The number of hydrogen-bond acceptors (Lipinski definition) is 0. The Hall–Kier alpha value is -0.560. The summed E-state index contributed by atoms with van der Waals surface area (Å²) in [6.45, 7) is 3.85. The van der Waals surface area contributed by atoms with Gasteiger partial charge in [0.25, 0.3) is 0 Å². The van der Waals surface area contributed by atoms with E-state index in [1.807, 2.05) is 13.8 Å². The number of benzene rings is 1. The second-order valence-corrected chi connectivity index (χ2v) is 3.18. The summed E-state index contributed by atoms with van der Waals surface area (Å²) in [5, 5.41) is 0.630. The Morgan fingerprint density at radius 2 is 1.58 bits per heavy atom. The highest BCUT2D eigenvalue weighted by Crippen LogP contribution is 2.20. The van der Waals surface area contributed by atoms with Gasteiger partial charge in [-0.1, -0.05) is 25.4 Å². The molecule has 0 aromatic heterocycles. The molecule has 0 aliphatic rings. The first-order chi connectivity index (χ1) is 5.69. The fourth-order valence-corrected chi connectivity index (χ4v) is 1.49. The van der Waals surface area contributed by atoms with Gasteiger partial charge < -0.3 is 0 Å². The average molecular weight is 187 g/mol. The monoisotopic (exact) mass is 186 g/mol. The highest BCUT2D eigenvalue weighted by atomic mass is 35.5. The zero-order valence-corrected chi connectivity index (χ0v) is 8.08. The average Bonchev–Trinajstić information content (AvgIpc) is 2.08. The first-order valence-corrected chi connectivity index (χ1v) is 4.53. The second kappa shape index (κ2) is 3.90. The van der Waals surface area contributed by atoms with E-state index in [0.29, 0.717) is 29.0 Å². The Morgan fingerprint density at radius 3 is 1.92 bits per heavy atom. The predicted molar refractivity (Wildman–Crippen MR) is 50.2 cm³/mol. The highest BCUT2D eigenvalue weighted by molar-refractivity contribution is 6.30. The molecule has 0 bridgehead atoms. The molecule has 0 saturated heterocycles. The van der Waals surface area contributed by atoms with E-state index in [1.165, 1.54) is 0 Å². The first kappa shape index (κ1) is 9.53. The summed E-state index contributed by atoms with van der Waals surface area (Å²) in [6, 6.07) is 3.38. The van der Waals surface area contributed by atoms with Crippen molar-refractivity contribution < 1.29 is 4.39 Å². The van der Waals surface area contributed by atoms with E-state index < -0.39 is 0 Å². The van der Waals surface area contributed by atoms with Crippen molar-refractivity contribution in [3.63, 3.8) is 0 Å². The van der Waals surface area contributed by atoms with Crippen LogP contribution in [0.2, 0.25) is 5.02 Å². The van der Waals surface area contributed by atoms with Crippen LogP contribution >= 0.6 is 11.6 Å². The van der Waals surface area contributed by atoms with Gasteiger partial charge in [0.1, 0.15) is 5.82 Å². The minimum absolute atomic E-state index is 0.0931. The molecule has 0 amide bonds. The van der Waals surface area contributed by atoms with Gasteiger partial charge in [0, 0.05) is 5.02 Å². The maximum Gasteiger partial charge on any atom is 0.129 e. The van der Waals surface area contributed by atoms with Gasteiger partial charge in [-0.25, -0.2) is 4.39 Å². The van der Waals surface area contributed by atoms with E-state index in [4.69, 9.17) is 11.6 Å². The lowest BCUT2D eigenvalue weighted by molar-refractivity contribution is 0.597. The number of rotatable bonds is 2. The lowest BCUT2D eigenvalue weighted by Gasteiger charge is -2.05. The molecule has 1 aromatic carbocycles. The summed E-state index contributed by atoms with van der Waals surface area (Å²) in [5.74, 6) is -0.0931. The third-order valence-corrected chi connectivity index (χ3v) is 2.17. The molecule has 0 nitrogen and oxygen atoms in total. The van der Waals surface area contributed by atoms with Gasteiger partial charge in [-0.2, -0.15) is 0 Å². The van der Waals surface area contributed by atoms with Crippen LogP contribution in [0.25, 0.3) is 0 Å². The lowest BCUT2D eigenvalue weighted by atomic mass is 10.1. The Balaban J connectivity index is 3.22. The van der Waals surface area contributed by atoms with Crippen molar-refractivity contribution in [3.05, 3.63) is 34.1 Å². The van der Waals surface area contributed by atoms with E-state index in [2.05, 4.69) is 0 Å². The van der Waals surface area contributed by atoms with Crippen molar-refractivity contribution in [1.82, 2.24) is 0 Å². The van der Waals surface area contributed by atoms with Crippen LogP contribution < -0.4 is 0 Å². The quantitative estimate of drug-likeness (QED) is 0.662. The molecule has 0 atom stereocenters. The Labute approximate surface area is 77.4 Å². The Bertz CT molecular complexity index is 256. The van der Waals surface area contributed by atoms with Crippen molar-refractivity contribution in [2.75, 3.05) is 0 Å². The summed E-state index contributed by atoms with van der Waals surface area (Å²) in [5.41, 5.74) is 1.42. The summed E-state index contributed by atoms with van der Waals surface area (Å²) in [4.78, 5) is 0. The third-order valence-electron chi connectivity index (χ3n) is 1.95. The molecule has 0 radical (unpaired) electrons. The van der Waals surface area contributed by atoms with Gasteiger partial charge in [0.15, 0.2) is 0 Å². The standard InChI is InChI=1S/C10H12ClF/c1-3-7-5-9(11)6-8(4-2)10(7)12/h5-6H,3-4H2,1-2H3. The van der Waals surface area contributed by atoms with Crippen LogP contribution in [-0.4, -0.2) is 0 Å². The molecule has 0 unspecified atom stereocenters. The summed E-state index contributed by atoms with van der Waals surface area (Å²) < 4.78 is 13.4. The minimum Gasteiger partial charge on any atom is -0.206 e. The zero-order valence-electron chi connectivity index (χ0n) is 7.32. The second-order valence-electron chi connectivity index (χ2n) is 2.75. The van der Waals surface area contributed by atoms with Crippen LogP contribution in [0, 0.1) is 5.82 Å². The van der Waals surface area contributed by atoms with Crippen molar-refractivity contribution >= 4 is 11.6 Å². The molecule has 0 aliphatic heterocycles. The fourth-order valence-electron chi connectivity index (χ4n) is 1.22. The van der Waals surface area contributed by atoms with Crippen LogP contribution in [0.15, 0.2) is 12.1 Å². The highest BCUT2D eigenvalue weighted by Gasteiger charge is 2.06. The van der Waals surface area contributed by atoms with E-state index in [-0.39, 0.29) is 5.82 Å². The van der Waals surface area contributed by atoms with E-state index in [9.17, 15) is 4.39 Å². The van der Waals surface area contributed by atoms with Crippen molar-refractivity contribution in [3.8, 4) is 0 Å². The molecule has 1 aromatic rings.